The van der Waals surface area contributed by atoms with E-state index in [1.165, 1.54) is 25.5 Å². The second-order valence-electron chi connectivity index (χ2n) is 12.0. The molecule has 1 aromatic heterocycles. The van der Waals surface area contributed by atoms with Gasteiger partial charge in [-0.2, -0.15) is 13.2 Å². The van der Waals surface area contributed by atoms with E-state index in [0.29, 0.717) is 53.0 Å². The molecule has 0 radical (unpaired) electrons. The highest BCUT2D eigenvalue weighted by Crippen LogP contribution is 2.56. The van der Waals surface area contributed by atoms with Crippen molar-refractivity contribution in [2.75, 3.05) is 38.7 Å². The van der Waals surface area contributed by atoms with Crippen molar-refractivity contribution in [3.05, 3.63) is 101 Å². The summed E-state index contributed by atoms with van der Waals surface area (Å²) in [5, 5.41) is 7.49. The molecule has 1 N–H and O–H groups in total. The quantitative estimate of drug-likeness (QED) is 0.196. The number of oxazole rings is 1. The number of amides is 1. The highest BCUT2D eigenvalue weighted by Gasteiger charge is 2.62. The maximum atomic E-state index is 15.3. The normalized spacial score (nSPS) is 19.0. The molecule has 17 heteroatoms. The second-order valence-corrected chi connectivity index (χ2v) is 14.2. The fourth-order valence-corrected chi connectivity index (χ4v) is 8.14. The molecule has 0 saturated carbocycles. The van der Waals surface area contributed by atoms with Crippen LogP contribution in [0.4, 0.5) is 18.9 Å². The maximum absolute atomic E-state index is 15.3. The number of anilines is 1. The molecule has 6 rings (SSSR count). The number of alkyl halides is 3. The number of aromatic nitrogens is 1. The van der Waals surface area contributed by atoms with E-state index < -0.39 is 39.7 Å². The Bertz CT molecular complexity index is 2030. The lowest BCUT2D eigenvalue weighted by Crippen LogP contribution is -2.54. The molecule has 1 fully saturated rings. The number of ether oxygens (including phenoxy) is 2. The van der Waals surface area contributed by atoms with E-state index in [0.717, 1.165) is 22.8 Å². The minimum Gasteiger partial charge on any atom is -0.497 e. The van der Waals surface area contributed by atoms with Gasteiger partial charge in [0, 0.05) is 29.2 Å². The molecule has 2 aliphatic heterocycles. The second kappa shape index (κ2) is 15.1. The lowest BCUT2D eigenvalue weighted by atomic mass is 9.80. The molecular weight excluding hydrogens is 729 g/mol. The van der Waals surface area contributed by atoms with Gasteiger partial charge < -0.3 is 23.9 Å². The van der Waals surface area contributed by atoms with Gasteiger partial charge in [-0.1, -0.05) is 30.7 Å². The monoisotopic (exact) mass is 764 g/mol. The fourth-order valence-electron chi connectivity index (χ4n) is 6.51. The minimum atomic E-state index is -5.08. The van der Waals surface area contributed by atoms with Crippen molar-refractivity contribution in [3.8, 4) is 11.5 Å². The van der Waals surface area contributed by atoms with Crippen LogP contribution in [0.25, 0.3) is 0 Å². The molecule has 2 aliphatic rings. The number of aliphatic carboxylic acids is 1. The Balaban J connectivity index is 0.000000679. The zero-order valence-electron chi connectivity index (χ0n) is 28.6. The van der Waals surface area contributed by atoms with Crippen molar-refractivity contribution in [3.63, 3.8) is 0 Å². The predicted molar refractivity (Wildman–Crippen MR) is 184 cm³/mol. The van der Waals surface area contributed by atoms with Crippen LogP contribution in [-0.4, -0.2) is 80.7 Å². The van der Waals surface area contributed by atoms with Gasteiger partial charge in [0.1, 0.15) is 17.8 Å². The summed E-state index contributed by atoms with van der Waals surface area (Å²) < 4.78 is 78.6. The first-order valence-electron chi connectivity index (χ1n) is 16.0. The van der Waals surface area contributed by atoms with Gasteiger partial charge in [0.05, 0.1) is 37.0 Å². The first-order valence-corrected chi connectivity index (χ1v) is 17.8. The van der Waals surface area contributed by atoms with Crippen LogP contribution in [-0.2, 0) is 31.7 Å². The van der Waals surface area contributed by atoms with Crippen molar-refractivity contribution in [2.24, 2.45) is 0 Å². The summed E-state index contributed by atoms with van der Waals surface area (Å²) in [5.74, 6) is -2.02. The number of carbonyl (C=O) groups excluding carboxylic acids is 1. The number of rotatable bonds is 10. The topological polar surface area (TPSA) is 143 Å². The van der Waals surface area contributed by atoms with Crippen molar-refractivity contribution >= 4 is 39.2 Å². The Hall–Kier alpha value is -4.64. The minimum absolute atomic E-state index is 0.0519. The average Bonchev–Trinajstić information content (AvgIpc) is 3.87. The van der Waals surface area contributed by atoms with E-state index in [4.69, 9.17) is 35.4 Å². The molecule has 0 aliphatic carbocycles. The van der Waals surface area contributed by atoms with E-state index in [9.17, 15) is 21.6 Å². The first kappa shape index (κ1) is 38.6. The number of likely N-dealkylation sites (tertiary alicyclic amines) is 1. The summed E-state index contributed by atoms with van der Waals surface area (Å²) in [6, 6.07) is 16.2. The number of carbonyl (C=O) groups is 2. The third-order valence-corrected chi connectivity index (χ3v) is 10.9. The van der Waals surface area contributed by atoms with Crippen molar-refractivity contribution < 1.29 is 50.2 Å². The SMILES string of the molecule is CCN(C)Cc1ccc(C2(N3CCC[C@H]3c3ncco3)C(=O)N(S(=O)(=O)c3ccc(OC)cc3)c3ccc(Cl)cc32)c(OC)c1.O=C(O)C(F)(F)F. The molecule has 1 unspecified atom stereocenters. The standard InChI is InChI=1S/C33H35ClN4O6S.C2HF3O2/c1-5-36(2)21-22-8-14-26(30(19-22)43-4)33(37-17-6-7-29(37)31-35-16-18-44-31)27-20-23(34)9-15-28(27)38(32(33)39)45(40,41)25-12-10-24(42-3)11-13-25;3-2(4,5)1(6)7/h8-16,18-20,29H,5-7,17,21H2,1-4H3;(H,6,7)/t29-,33?;/m0./s1. The Morgan fingerprint density at radius 1 is 1.10 bits per heavy atom. The molecule has 2 atom stereocenters. The number of hydrogen-bond acceptors (Lipinski definition) is 10. The van der Waals surface area contributed by atoms with Gasteiger partial charge in [-0.05, 0) is 80.5 Å². The summed E-state index contributed by atoms with van der Waals surface area (Å²) in [6.45, 7) is 4.05. The third kappa shape index (κ3) is 7.07. The highest BCUT2D eigenvalue weighted by atomic mass is 35.5. The van der Waals surface area contributed by atoms with Crippen LogP contribution in [0.15, 0.2) is 82.4 Å². The molecule has 0 spiro atoms. The van der Waals surface area contributed by atoms with Gasteiger partial charge >= 0.3 is 12.1 Å². The fraction of sp³-hybridized carbons (Fsp3) is 0.343. The number of carboxylic acid groups (broad SMARTS) is 1. The van der Waals surface area contributed by atoms with Crippen LogP contribution in [0.5, 0.6) is 11.5 Å². The number of nitrogens with zero attached hydrogens (tertiary/aromatic N) is 4. The number of halogens is 4. The molecule has 278 valence electrons. The third-order valence-electron chi connectivity index (χ3n) is 8.97. The van der Waals surface area contributed by atoms with Gasteiger partial charge in [-0.15, -0.1) is 0 Å². The van der Waals surface area contributed by atoms with Crippen LogP contribution in [0, 0.1) is 0 Å². The van der Waals surface area contributed by atoms with Gasteiger partial charge in [0.25, 0.3) is 15.9 Å². The van der Waals surface area contributed by atoms with Crippen molar-refractivity contribution in [2.45, 2.75) is 49.0 Å². The summed E-state index contributed by atoms with van der Waals surface area (Å²) in [5.41, 5.74) is 0.505. The number of benzene rings is 3. The molecule has 12 nitrogen and oxygen atoms in total. The highest BCUT2D eigenvalue weighted by molar-refractivity contribution is 7.93. The number of sulfonamides is 1. The Labute approximate surface area is 303 Å². The van der Waals surface area contributed by atoms with E-state index in [2.05, 4.69) is 16.8 Å². The number of carboxylic acids is 1. The average molecular weight is 765 g/mol. The number of methoxy groups -OCH3 is 2. The molecule has 3 heterocycles. The Kier molecular flexibility index (Phi) is 11.2. The van der Waals surface area contributed by atoms with Crippen LogP contribution >= 0.6 is 11.6 Å². The van der Waals surface area contributed by atoms with Gasteiger partial charge in [0.2, 0.25) is 5.89 Å². The Morgan fingerprint density at radius 2 is 1.79 bits per heavy atom. The summed E-state index contributed by atoms with van der Waals surface area (Å²) >= 11 is 6.63. The van der Waals surface area contributed by atoms with E-state index in [1.807, 2.05) is 30.1 Å². The Morgan fingerprint density at radius 3 is 2.37 bits per heavy atom. The van der Waals surface area contributed by atoms with E-state index in [1.54, 1.807) is 43.6 Å². The summed E-state index contributed by atoms with van der Waals surface area (Å²) in [7, 11) is 0.684. The first-order chi connectivity index (χ1) is 24.6. The van der Waals surface area contributed by atoms with Crippen LogP contribution in [0.2, 0.25) is 5.02 Å². The zero-order valence-corrected chi connectivity index (χ0v) is 30.1. The molecular formula is C35H36ClF3N4O8S. The largest absolute Gasteiger partial charge is 0.497 e. The van der Waals surface area contributed by atoms with Gasteiger partial charge in [-0.25, -0.2) is 22.5 Å². The lowest BCUT2D eigenvalue weighted by molar-refractivity contribution is -0.192. The molecule has 1 saturated heterocycles. The molecule has 4 aromatic rings. The van der Waals surface area contributed by atoms with E-state index >= 15 is 4.79 Å². The predicted octanol–water partition coefficient (Wildman–Crippen LogP) is 6.25. The molecule has 1 amide bonds. The van der Waals surface area contributed by atoms with Crippen LogP contribution in [0.1, 0.15) is 48.4 Å². The van der Waals surface area contributed by atoms with Crippen LogP contribution < -0.4 is 13.8 Å². The van der Waals surface area contributed by atoms with Crippen LogP contribution in [0.3, 0.4) is 0 Å². The smallest absolute Gasteiger partial charge is 0.490 e. The number of hydrogen-bond donors (Lipinski definition) is 1. The number of fused-ring (bicyclic) bond motifs is 1. The maximum Gasteiger partial charge on any atom is 0.490 e. The summed E-state index contributed by atoms with van der Waals surface area (Å²) in [4.78, 5) is 32.8. The van der Waals surface area contributed by atoms with Gasteiger partial charge in [0.15, 0.2) is 5.54 Å². The van der Waals surface area contributed by atoms with Gasteiger partial charge in [-0.3, -0.25) is 9.69 Å². The molecule has 0 bridgehead atoms. The molecule has 3 aromatic carbocycles. The van der Waals surface area contributed by atoms with E-state index in [-0.39, 0.29) is 10.6 Å². The summed E-state index contributed by atoms with van der Waals surface area (Å²) in [6.07, 6.45) is -0.636. The molecule has 52 heavy (non-hydrogen) atoms. The van der Waals surface area contributed by atoms with Crippen molar-refractivity contribution in [1.29, 1.82) is 0 Å². The lowest BCUT2D eigenvalue weighted by Gasteiger charge is -2.41. The zero-order chi connectivity index (χ0) is 38.0. The van der Waals surface area contributed by atoms with Crippen molar-refractivity contribution in [1.82, 2.24) is 14.8 Å².